The van der Waals surface area contributed by atoms with Crippen LogP contribution in [0.2, 0.25) is 0 Å². The number of hydrogen-bond donors (Lipinski definition) is 0. The van der Waals surface area contributed by atoms with Crippen molar-refractivity contribution in [2.75, 3.05) is 0 Å². The van der Waals surface area contributed by atoms with Gasteiger partial charge in [0.2, 0.25) is 0 Å². The Morgan fingerprint density at radius 3 is 0.778 bits per heavy atom. The minimum atomic E-state index is -0.394. The molecule has 130 valence electrons. The van der Waals surface area contributed by atoms with Crippen molar-refractivity contribution in [3.8, 4) is 0 Å². The molecular formula is C26H22Ti. The molecule has 0 spiro atoms. The zero-order valence-electron chi connectivity index (χ0n) is 15.2. The first-order chi connectivity index (χ1) is 13.4. The van der Waals surface area contributed by atoms with Crippen LogP contribution in [0.3, 0.4) is 0 Å². The van der Waals surface area contributed by atoms with E-state index < -0.39 is 19.2 Å². The van der Waals surface area contributed by atoms with E-state index in [1.165, 1.54) is 22.3 Å². The zero-order chi connectivity index (χ0) is 18.3. The summed E-state index contributed by atoms with van der Waals surface area (Å²) in [5.41, 5.74) is 5.72. The zero-order valence-corrected chi connectivity index (χ0v) is 16.8. The Morgan fingerprint density at radius 1 is 0.333 bits per heavy atom. The van der Waals surface area contributed by atoms with Gasteiger partial charge >= 0.3 is 171 Å². The van der Waals surface area contributed by atoms with E-state index >= 15 is 0 Å². The van der Waals surface area contributed by atoms with Gasteiger partial charge in [-0.1, -0.05) is 0 Å². The summed E-state index contributed by atoms with van der Waals surface area (Å²) in [5.74, 6) is 0. The summed E-state index contributed by atoms with van der Waals surface area (Å²) in [6.07, 6.45) is 0. The SMILES string of the molecule is c1ccc([CH]([Ti][CH](c2ccccc2)c2ccccc2)c2ccccc2)cc1. The Labute approximate surface area is 170 Å². The van der Waals surface area contributed by atoms with Gasteiger partial charge in [-0.15, -0.1) is 0 Å². The molecule has 0 nitrogen and oxygen atoms in total. The van der Waals surface area contributed by atoms with Crippen molar-refractivity contribution in [1.29, 1.82) is 0 Å². The normalized spacial score (nSPS) is 10.9. The summed E-state index contributed by atoms with van der Waals surface area (Å²) in [7, 11) is 0. The Bertz CT molecular complexity index is 774. The monoisotopic (exact) mass is 382 g/mol. The summed E-state index contributed by atoms with van der Waals surface area (Å²) < 4.78 is 0.968. The third kappa shape index (κ3) is 4.47. The average Bonchev–Trinajstić information content (AvgIpc) is 2.77. The first-order valence-corrected chi connectivity index (χ1v) is 11.2. The molecule has 0 aliphatic carbocycles. The fourth-order valence-electron chi connectivity index (χ4n) is 3.52. The summed E-state index contributed by atoms with van der Waals surface area (Å²) in [6.45, 7) is 0. The second-order valence-corrected chi connectivity index (χ2v) is 9.00. The van der Waals surface area contributed by atoms with Gasteiger partial charge in [-0.2, -0.15) is 0 Å². The molecule has 4 rings (SSSR count). The predicted octanol–water partition coefficient (Wildman–Crippen LogP) is 6.65. The van der Waals surface area contributed by atoms with Crippen LogP contribution in [0.25, 0.3) is 0 Å². The van der Waals surface area contributed by atoms with Crippen LogP contribution in [0, 0.1) is 0 Å². The second-order valence-electron chi connectivity index (χ2n) is 6.68. The van der Waals surface area contributed by atoms with Crippen molar-refractivity contribution < 1.29 is 19.2 Å². The van der Waals surface area contributed by atoms with Crippen molar-refractivity contribution in [3.63, 3.8) is 0 Å². The van der Waals surface area contributed by atoms with Gasteiger partial charge in [-0.05, 0) is 0 Å². The van der Waals surface area contributed by atoms with Crippen LogP contribution in [-0.2, 0) is 19.2 Å². The van der Waals surface area contributed by atoms with E-state index in [1.54, 1.807) is 0 Å². The summed E-state index contributed by atoms with van der Waals surface area (Å²) in [5, 5.41) is 0. The number of hydrogen-bond acceptors (Lipinski definition) is 0. The molecule has 0 heterocycles. The van der Waals surface area contributed by atoms with E-state index in [0.717, 1.165) is 0 Å². The first-order valence-electron chi connectivity index (χ1n) is 9.37. The Morgan fingerprint density at radius 2 is 0.556 bits per heavy atom. The standard InChI is InChI=1S/2C13H11.Ti/c2*1-3-7-12(8-4-1)11-13-9-5-2-6-10-13;/h2*1-11H;. The molecule has 4 aromatic carbocycles. The molecule has 0 atom stereocenters. The van der Waals surface area contributed by atoms with Gasteiger partial charge in [0.1, 0.15) is 0 Å². The summed E-state index contributed by atoms with van der Waals surface area (Å²) in [6, 6.07) is 44.0. The molecular weight excluding hydrogens is 360 g/mol. The van der Waals surface area contributed by atoms with Crippen LogP contribution >= 0.6 is 0 Å². The van der Waals surface area contributed by atoms with E-state index in [0.29, 0.717) is 8.45 Å². The molecule has 0 saturated heterocycles. The predicted molar refractivity (Wildman–Crippen MR) is 109 cm³/mol. The molecule has 4 aromatic rings. The van der Waals surface area contributed by atoms with Crippen molar-refractivity contribution in [2.45, 2.75) is 8.45 Å². The third-order valence-electron chi connectivity index (χ3n) is 4.86. The van der Waals surface area contributed by atoms with Gasteiger partial charge < -0.3 is 0 Å². The molecule has 0 aliphatic heterocycles. The quantitative estimate of drug-likeness (QED) is 0.328. The Kier molecular flexibility index (Phi) is 5.99. The number of benzene rings is 4. The van der Waals surface area contributed by atoms with Gasteiger partial charge in [0.05, 0.1) is 0 Å². The molecule has 0 bridgehead atoms. The molecule has 0 N–H and O–H groups in total. The van der Waals surface area contributed by atoms with Crippen LogP contribution in [0.15, 0.2) is 121 Å². The summed E-state index contributed by atoms with van der Waals surface area (Å²) >= 11 is -0.394. The van der Waals surface area contributed by atoms with Crippen molar-refractivity contribution in [3.05, 3.63) is 144 Å². The van der Waals surface area contributed by atoms with E-state index in [1.807, 2.05) is 0 Å². The average molecular weight is 382 g/mol. The van der Waals surface area contributed by atoms with E-state index in [4.69, 9.17) is 0 Å². The minimum absolute atomic E-state index is 0.394. The van der Waals surface area contributed by atoms with Crippen LogP contribution in [-0.4, -0.2) is 0 Å². The molecule has 0 aromatic heterocycles. The van der Waals surface area contributed by atoms with Crippen molar-refractivity contribution >= 4 is 0 Å². The van der Waals surface area contributed by atoms with Gasteiger partial charge in [-0.3, -0.25) is 0 Å². The fourth-order valence-corrected chi connectivity index (χ4v) is 6.44. The molecule has 0 amide bonds. The molecule has 0 fully saturated rings. The van der Waals surface area contributed by atoms with E-state index in [9.17, 15) is 0 Å². The first kappa shape index (κ1) is 18.0. The third-order valence-corrected chi connectivity index (χ3v) is 7.99. The topological polar surface area (TPSA) is 0 Å². The van der Waals surface area contributed by atoms with Gasteiger partial charge in [0, 0.05) is 0 Å². The Balaban J connectivity index is 1.77. The maximum absolute atomic E-state index is 2.29. The van der Waals surface area contributed by atoms with Crippen LogP contribution < -0.4 is 0 Å². The van der Waals surface area contributed by atoms with Crippen LogP contribution in [0.1, 0.15) is 30.7 Å². The second kappa shape index (κ2) is 8.99. The molecule has 0 radical (unpaired) electrons. The van der Waals surface area contributed by atoms with Gasteiger partial charge in [0.15, 0.2) is 0 Å². The Hall–Kier alpha value is -2.41. The van der Waals surface area contributed by atoms with E-state index in [2.05, 4.69) is 121 Å². The van der Waals surface area contributed by atoms with Crippen molar-refractivity contribution in [2.24, 2.45) is 0 Å². The molecule has 0 aliphatic rings. The molecule has 27 heavy (non-hydrogen) atoms. The van der Waals surface area contributed by atoms with Gasteiger partial charge in [0.25, 0.3) is 0 Å². The van der Waals surface area contributed by atoms with Crippen molar-refractivity contribution in [1.82, 2.24) is 0 Å². The number of rotatable bonds is 6. The van der Waals surface area contributed by atoms with Gasteiger partial charge in [-0.25, -0.2) is 0 Å². The van der Waals surface area contributed by atoms with Crippen LogP contribution in [0.5, 0.6) is 0 Å². The maximum atomic E-state index is 2.29. The molecule has 0 unspecified atom stereocenters. The van der Waals surface area contributed by atoms with Crippen LogP contribution in [0.4, 0.5) is 0 Å². The fraction of sp³-hybridized carbons (Fsp3) is 0.0769. The summed E-state index contributed by atoms with van der Waals surface area (Å²) in [4.78, 5) is 0. The van der Waals surface area contributed by atoms with E-state index in [-0.39, 0.29) is 0 Å². The molecule has 0 saturated carbocycles. The molecule has 1 heteroatoms.